The van der Waals surface area contributed by atoms with E-state index in [1.165, 1.54) is 0 Å². The molecule has 2 aromatic rings. The van der Waals surface area contributed by atoms with Crippen molar-refractivity contribution in [1.82, 2.24) is 25.2 Å². The van der Waals surface area contributed by atoms with Crippen LogP contribution in [-0.2, 0) is 19.5 Å². The molecule has 1 N–H and O–H groups in total. The zero-order chi connectivity index (χ0) is 11.2. The van der Waals surface area contributed by atoms with E-state index in [1.54, 1.807) is 6.20 Å². The largest absolute Gasteiger partial charge is 0.338 e. The Bertz CT molecular complexity index is 409. The molecule has 0 bridgehead atoms. The molecule has 0 unspecified atom stereocenters. The summed E-state index contributed by atoms with van der Waals surface area (Å²) in [6.45, 7) is 4.27. The minimum absolute atomic E-state index is 0.605. The second-order valence-corrected chi connectivity index (χ2v) is 3.40. The Labute approximate surface area is 93.7 Å². The topological polar surface area (TPSA) is 68.8 Å². The average Bonchev–Trinajstić information content (AvgIpc) is 2.95. The van der Waals surface area contributed by atoms with Crippen LogP contribution in [0.3, 0.4) is 0 Å². The molecule has 0 aliphatic carbocycles. The number of nitrogens with zero attached hydrogens (tertiary/aromatic N) is 4. The van der Waals surface area contributed by atoms with E-state index in [1.807, 2.05) is 23.9 Å². The third-order valence-electron chi connectivity index (χ3n) is 2.18. The third kappa shape index (κ3) is 2.90. The van der Waals surface area contributed by atoms with Crippen molar-refractivity contribution in [2.75, 3.05) is 6.54 Å². The van der Waals surface area contributed by atoms with Crippen molar-refractivity contribution >= 4 is 0 Å². The molecule has 0 saturated heterocycles. The number of hydrogen-bond donors (Lipinski definition) is 1. The maximum absolute atomic E-state index is 5.05. The van der Waals surface area contributed by atoms with Gasteiger partial charge in [0.15, 0.2) is 5.82 Å². The highest BCUT2D eigenvalue weighted by Gasteiger charge is 2.02. The highest BCUT2D eigenvalue weighted by Crippen LogP contribution is 1.96. The number of rotatable bonds is 6. The van der Waals surface area contributed by atoms with Gasteiger partial charge < -0.3 is 9.84 Å². The van der Waals surface area contributed by atoms with Crippen molar-refractivity contribution in [2.45, 2.75) is 26.4 Å². The summed E-state index contributed by atoms with van der Waals surface area (Å²) in [5.41, 5.74) is 0. The fourth-order valence-electron chi connectivity index (χ4n) is 1.33. The van der Waals surface area contributed by atoms with Crippen LogP contribution in [0.5, 0.6) is 0 Å². The SMILES string of the molecule is CCc1noc(CNCCn2cccn2)n1. The lowest BCUT2D eigenvalue weighted by Crippen LogP contribution is -2.19. The quantitative estimate of drug-likeness (QED) is 0.724. The summed E-state index contributed by atoms with van der Waals surface area (Å²) in [4.78, 5) is 4.20. The van der Waals surface area contributed by atoms with Crippen molar-refractivity contribution in [3.8, 4) is 0 Å². The summed E-state index contributed by atoms with van der Waals surface area (Å²) in [5.74, 6) is 1.39. The second kappa shape index (κ2) is 5.41. The summed E-state index contributed by atoms with van der Waals surface area (Å²) < 4.78 is 6.92. The molecule has 6 nitrogen and oxygen atoms in total. The molecule has 2 aromatic heterocycles. The fourth-order valence-corrected chi connectivity index (χ4v) is 1.33. The lowest BCUT2D eigenvalue weighted by Gasteiger charge is -2.01. The fraction of sp³-hybridized carbons (Fsp3) is 0.500. The third-order valence-corrected chi connectivity index (χ3v) is 2.18. The van der Waals surface area contributed by atoms with Crippen molar-refractivity contribution in [2.24, 2.45) is 0 Å². The molecular weight excluding hydrogens is 206 g/mol. The molecule has 0 spiro atoms. The average molecular weight is 221 g/mol. The van der Waals surface area contributed by atoms with Crippen molar-refractivity contribution in [3.63, 3.8) is 0 Å². The molecule has 16 heavy (non-hydrogen) atoms. The van der Waals surface area contributed by atoms with E-state index < -0.39 is 0 Å². The molecule has 0 aromatic carbocycles. The molecule has 0 aliphatic heterocycles. The van der Waals surface area contributed by atoms with Gasteiger partial charge in [0.25, 0.3) is 0 Å². The summed E-state index contributed by atoms with van der Waals surface area (Å²) in [6.07, 6.45) is 4.51. The van der Waals surface area contributed by atoms with Crippen LogP contribution in [-0.4, -0.2) is 26.5 Å². The zero-order valence-electron chi connectivity index (χ0n) is 9.26. The standard InChI is InChI=1S/C10H15N5O/c1-2-9-13-10(16-14-9)8-11-5-7-15-6-3-4-12-15/h3-4,6,11H,2,5,7-8H2,1H3. The molecule has 0 aliphatic rings. The molecule has 0 radical (unpaired) electrons. The van der Waals surface area contributed by atoms with Gasteiger partial charge in [-0.05, 0) is 6.07 Å². The molecule has 0 saturated carbocycles. The van der Waals surface area contributed by atoms with Crippen LogP contribution in [0.1, 0.15) is 18.6 Å². The molecule has 0 fully saturated rings. The van der Waals surface area contributed by atoms with Gasteiger partial charge in [-0.2, -0.15) is 10.1 Å². The van der Waals surface area contributed by atoms with Crippen LogP contribution in [0.2, 0.25) is 0 Å². The highest BCUT2D eigenvalue weighted by atomic mass is 16.5. The zero-order valence-corrected chi connectivity index (χ0v) is 9.26. The van der Waals surface area contributed by atoms with Crippen LogP contribution in [0, 0.1) is 0 Å². The molecule has 86 valence electrons. The minimum Gasteiger partial charge on any atom is -0.338 e. The van der Waals surface area contributed by atoms with Gasteiger partial charge in [-0.25, -0.2) is 0 Å². The molecule has 2 rings (SSSR count). The Balaban J connectivity index is 1.68. The predicted molar refractivity (Wildman–Crippen MR) is 57.6 cm³/mol. The molecule has 6 heteroatoms. The molecule has 0 atom stereocenters. The van der Waals surface area contributed by atoms with E-state index in [0.29, 0.717) is 12.4 Å². The first-order valence-corrected chi connectivity index (χ1v) is 5.38. The van der Waals surface area contributed by atoms with E-state index in [4.69, 9.17) is 4.52 Å². The van der Waals surface area contributed by atoms with Crippen molar-refractivity contribution in [1.29, 1.82) is 0 Å². The van der Waals surface area contributed by atoms with Crippen molar-refractivity contribution in [3.05, 3.63) is 30.2 Å². The van der Waals surface area contributed by atoms with Gasteiger partial charge in [0, 0.05) is 25.4 Å². The van der Waals surface area contributed by atoms with E-state index in [2.05, 4.69) is 20.6 Å². The van der Waals surface area contributed by atoms with Crippen LogP contribution in [0.15, 0.2) is 23.0 Å². The van der Waals surface area contributed by atoms with Gasteiger partial charge in [-0.3, -0.25) is 4.68 Å². The van der Waals surface area contributed by atoms with Gasteiger partial charge in [-0.1, -0.05) is 12.1 Å². The molecular formula is C10H15N5O. The number of nitrogens with one attached hydrogen (secondary N) is 1. The number of aromatic nitrogens is 4. The minimum atomic E-state index is 0.605. The van der Waals surface area contributed by atoms with Crippen LogP contribution < -0.4 is 5.32 Å². The molecule has 2 heterocycles. The van der Waals surface area contributed by atoms with Gasteiger partial charge in [0.2, 0.25) is 5.89 Å². The Kier molecular flexibility index (Phi) is 3.66. The first kappa shape index (κ1) is 10.8. The van der Waals surface area contributed by atoms with E-state index in [0.717, 1.165) is 25.3 Å². The lowest BCUT2D eigenvalue weighted by molar-refractivity contribution is 0.361. The normalized spacial score (nSPS) is 10.8. The number of hydrogen-bond acceptors (Lipinski definition) is 5. The maximum atomic E-state index is 5.05. The van der Waals surface area contributed by atoms with Crippen LogP contribution in [0.25, 0.3) is 0 Å². The van der Waals surface area contributed by atoms with Gasteiger partial charge in [0.1, 0.15) is 0 Å². The van der Waals surface area contributed by atoms with E-state index in [9.17, 15) is 0 Å². The van der Waals surface area contributed by atoms with Gasteiger partial charge in [0.05, 0.1) is 13.1 Å². The van der Waals surface area contributed by atoms with E-state index >= 15 is 0 Å². The van der Waals surface area contributed by atoms with E-state index in [-0.39, 0.29) is 0 Å². The predicted octanol–water partition coefficient (Wildman–Crippen LogP) is 0.618. The Morgan fingerprint density at radius 3 is 3.12 bits per heavy atom. The summed E-state index contributed by atoms with van der Waals surface area (Å²) >= 11 is 0. The summed E-state index contributed by atoms with van der Waals surface area (Å²) in [7, 11) is 0. The monoisotopic (exact) mass is 221 g/mol. The number of aryl methyl sites for hydroxylation is 1. The first-order chi connectivity index (χ1) is 7.88. The van der Waals surface area contributed by atoms with Crippen molar-refractivity contribution < 1.29 is 4.52 Å². The second-order valence-electron chi connectivity index (χ2n) is 3.40. The first-order valence-electron chi connectivity index (χ1n) is 5.38. The Morgan fingerprint density at radius 2 is 2.44 bits per heavy atom. The molecule has 0 amide bonds. The lowest BCUT2D eigenvalue weighted by atomic mass is 10.5. The highest BCUT2D eigenvalue weighted by molar-refractivity contribution is 4.85. The Morgan fingerprint density at radius 1 is 1.50 bits per heavy atom. The smallest absolute Gasteiger partial charge is 0.240 e. The summed E-state index contributed by atoms with van der Waals surface area (Å²) in [5, 5.41) is 11.1. The van der Waals surface area contributed by atoms with Gasteiger partial charge in [-0.15, -0.1) is 0 Å². The van der Waals surface area contributed by atoms with Crippen LogP contribution in [0.4, 0.5) is 0 Å². The van der Waals surface area contributed by atoms with Gasteiger partial charge >= 0.3 is 0 Å². The maximum Gasteiger partial charge on any atom is 0.240 e. The summed E-state index contributed by atoms with van der Waals surface area (Å²) in [6, 6.07) is 1.91. The van der Waals surface area contributed by atoms with Crippen LogP contribution >= 0.6 is 0 Å². The Hall–Kier alpha value is -1.69.